The number of aromatic nitrogens is 1. The lowest BCUT2D eigenvalue weighted by molar-refractivity contribution is 0.286. The van der Waals surface area contributed by atoms with E-state index in [2.05, 4.69) is 14.8 Å². The zero-order chi connectivity index (χ0) is 18.1. The van der Waals surface area contributed by atoms with Gasteiger partial charge in [0.05, 0.1) is 24.4 Å². The van der Waals surface area contributed by atoms with Crippen molar-refractivity contribution in [2.24, 2.45) is 16.7 Å². The van der Waals surface area contributed by atoms with Gasteiger partial charge in [-0.05, 0) is 36.2 Å². The Labute approximate surface area is 150 Å². The van der Waals surface area contributed by atoms with Crippen LogP contribution in [0.1, 0.15) is 16.8 Å². The van der Waals surface area contributed by atoms with Crippen LogP contribution in [0.4, 0.5) is 0 Å². The monoisotopic (exact) mass is 357 g/mol. The Hall–Kier alpha value is -2.64. The summed E-state index contributed by atoms with van der Waals surface area (Å²) < 4.78 is 3.02. The van der Waals surface area contributed by atoms with Crippen LogP contribution in [0.5, 0.6) is 0 Å². The molecule has 1 aromatic heterocycles. The summed E-state index contributed by atoms with van der Waals surface area (Å²) in [5.74, 6) is 6.14. The van der Waals surface area contributed by atoms with Crippen molar-refractivity contribution >= 4 is 17.8 Å². The van der Waals surface area contributed by atoms with Gasteiger partial charge in [0, 0.05) is 23.2 Å². The Balaban J connectivity index is 1.95. The van der Waals surface area contributed by atoms with Gasteiger partial charge in [0.25, 0.3) is 0 Å². The van der Waals surface area contributed by atoms with Crippen molar-refractivity contribution in [1.82, 2.24) is 14.8 Å². The van der Waals surface area contributed by atoms with Crippen LogP contribution < -0.4 is 16.3 Å². The van der Waals surface area contributed by atoms with Crippen molar-refractivity contribution in [3.8, 4) is 6.07 Å². The minimum atomic E-state index is 0.0884. The fourth-order valence-corrected chi connectivity index (χ4v) is 2.49. The zero-order valence-corrected chi connectivity index (χ0v) is 14.3. The van der Waals surface area contributed by atoms with Crippen LogP contribution in [-0.2, 0) is 6.54 Å². The third kappa shape index (κ3) is 6.06. The topological polar surface area (TPSA) is 137 Å². The first-order chi connectivity index (χ1) is 12.1. The second kappa shape index (κ2) is 9.61. The summed E-state index contributed by atoms with van der Waals surface area (Å²) >= 11 is 1.43. The minimum absolute atomic E-state index is 0.0884. The number of aliphatic hydroxyl groups is 1. The molecule has 0 aliphatic rings. The third-order valence-electron chi connectivity index (χ3n) is 3.07. The molecule has 0 radical (unpaired) electrons. The summed E-state index contributed by atoms with van der Waals surface area (Å²) in [6.07, 6.45) is 1.48. The normalized spacial score (nSPS) is 11.2. The Morgan fingerprint density at radius 2 is 2.08 bits per heavy atom. The van der Waals surface area contributed by atoms with Crippen molar-refractivity contribution < 1.29 is 5.11 Å². The summed E-state index contributed by atoms with van der Waals surface area (Å²) in [6, 6.07) is 12.9. The van der Waals surface area contributed by atoms with Crippen LogP contribution in [-0.4, -0.2) is 34.2 Å². The first-order valence-corrected chi connectivity index (χ1v) is 8.26. The van der Waals surface area contributed by atoms with E-state index >= 15 is 0 Å². The van der Waals surface area contributed by atoms with Gasteiger partial charge in [-0.15, -0.1) is 5.10 Å². The molecule has 0 fully saturated rings. The van der Waals surface area contributed by atoms with Crippen molar-refractivity contribution in [2.75, 3.05) is 13.2 Å². The SMILES string of the molecule is N#Cc1ccc(CN(N)/N=C(\N)c2ccc(SNCCO)cc2)nc1. The van der Waals surface area contributed by atoms with Crippen LogP contribution in [0.15, 0.2) is 52.6 Å². The van der Waals surface area contributed by atoms with Gasteiger partial charge in [-0.3, -0.25) is 9.71 Å². The van der Waals surface area contributed by atoms with Crippen LogP contribution in [0, 0.1) is 11.3 Å². The Bertz CT molecular complexity index is 741. The van der Waals surface area contributed by atoms with Gasteiger partial charge in [0.1, 0.15) is 6.07 Å². The number of hydrazine groups is 1. The van der Waals surface area contributed by atoms with E-state index in [-0.39, 0.29) is 19.0 Å². The molecule has 0 spiro atoms. The maximum Gasteiger partial charge on any atom is 0.152 e. The van der Waals surface area contributed by atoms with Gasteiger partial charge in [-0.2, -0.15) is 5.26 Å². The van der Waals surface area contributed by atoms with E-state index in [1.165, 1.54) is 23.3 Å². The van der Waals surface area contributed by atoms with Gasteiger partial charge < -0.3 is 10.8 Å². The fraction of sp³-hybridized carbons (Fsp3) is 0.188. The van der Waals surface area contributed by atoms with Gasteiger partial charge in [0.15, 0.2) is 5.84 Å². The highest BCUT2D eigenvalue weighted by molar-refractivity contribution is 7.97. The van der Waals surface area contributed by atoms with E-state index in [4.69, 9.17) is 21.9 Å². The Morgan fingerprint density at radius 1 is 1.32 bits per heavy atom. The van der Waals surface area contributed by atoms with Crippen LogP contribution in [0.3, 0.4) is 0 Å². The van der Waals surface area contributed by atoms with E-state index in [9.17, 15) is 0 Å². The van der Waals surface area contributed by atoms with Crippen molar-refractivity contribution in [1.29, 1.82) is 5.26 Å². The molecule has 0 unspecified atom stereocenters. The molecule has 9 heteroatoms. The number of nitriles is 1. The largest absolute Gasteiger partial charge is 0.395 e. The second-order valence-corrected chi connectivity index (χ2v) is 5.94. The number of rotatable bonds is 8. The van der Waals surface area contributed by atoms with E-state index in [1.807, 2.05) is 30.3 Å². The highest BCUT2D eigenvalue weighted by Gasteiger charge is 2.04. The lowest BCUT2D eigenvalue weighted by Gasteiger charge is -2.13. The molecular formula is C16H19N7OS. The van der Waals surface area contributed by atoms with E-state index in [0.717, 1.165) is 10.5 Å². The van der Waals surface area contributed by atoms with E-state index in [0.29, 0.717) is 17.8 Å². The molecule has 0 aliphatic heterocycles. The highest BCUT2D eigenvalue weighted by Crippen LogP contribution is 2.15. The van der Waals surface area contributed by atoms with Crippen LogP contribution >= 0.6 is 11.9 Å². The minimum Gasteiger partial charge on any atom is -0.395 e. The van der Waals surface area contributed by atoms with Crippen molar-refractivity contribution in [3.63, 3.8) is 0 Å². The molecule has 0 saturated heterocycles. The standard InChI is InChI=1S/C16H19N7OS/c17-9-12-1-4-14(20-10-12)11-23(19)22-16(18)13-2-5-15(6-3-13)25-21-7-8-24/h1-6,10,21,24H,7-8,11,19H2,(H2,18,22). The number of hydrazone groups is 1. The first kappa shape index (κ1) is 18.7. The molecular weight excluding hydrogens is 338 g/mol. The van der Waals surface area contributed by atoms with Gasteiger partial charge in [0.2, 0.25) is 0 Å². The molecule has 0 bridgehead atoms. The molecule has 130 valence electrons. The molecule has 0 saturated carbocycles. The fourth-order valence-electron chi connectivity index (χ4n) is 1.86. The summed E-state index contributed by atoms with van der Waals surface area (Å²) in [7, 11) is 0. The first-order valence-electron chi connectivity index (χ1n) is 7.44. The molecule has 0 aliphatic carbocycles. The number of benzene rings is 1. The highest BCUT2D eigenvalue weighted by atomic mass is 32.2. The second-order valence-electron chi connectivity index (χ2n) is 4.98. The van der Waals surface area contributed by atoms with Crippen LogP contribution in [0.25, 0.3) is 0 Å². The average Bonchev–Trinajstić information content (AvgIpc) is 2.63. The summed E-state index contributed by atoms with van der Waals surface area (Å²) in [5, 5.41) is 22.8. The van der Waals surface area contributed by atoms with Gasteiger partial charge >= 0.3 is 0 Å². The molecule has 0 amide bonds. The summed E-state index contributed by atoms with van der Waals surface area (Å²) in [5.41, 5.74) is 7.89. The number of nitrogens with one attached hydrogen (secondary N) is 1. The predicted molar refractivity (Wildman–Crippen MR) is 96.8 cm³/mol. The smallest absolute Gasteiger partial charge is 0.152 e. The van der Waals surface area contributed by atoms with Gasteiger partial charge in [-0.1, -0.05) is 12.1 Å². The molecule has 1 aromatic carbocycles. The Kier molecular flexibility index (Phi) is 7.18. The molecule has 2 aromatic rings. The quantitative estimate of drug-likeness (QED) is 0.134. The number of hydrogen-bond acceptors (Lipinski definition) is 8. The van der Waals surface area contributed by atoms with Crippen molar-refractivity contribution in [2.45, 2.75) is 11.4 Å². The maximum atomic E-state index is 8.76. The van der Waals surface area contributed by atoms with Crippen molar-refractivity contribution in [3.05, 3.63) is 59.4 Å². The molecule has 2 rings (SSSR count). The van der Waals surface area contributed by atoms with Crippen LogP contribution in [0.2, 0.25) is 0 Å². The van der Waals surface area contributed by atoms with E-state index in [1.54, 1.807) is 12.1 Å². The average molecular weight is 357 g/mol. The lowest BCUT2D eigenvalue weighted by atomic mass is 10.2. The maximum absolute atomic E-state index is 8.76. The number of aliphatic hydroxyl groups excluding tert-OH is 1. The zero-order valence-electron chi connectivity index (χ0n) is 13.5. The number of pyridine rings is 1. The summed E-state index contributed by atoms with van der Waals surface area (Å²) in [4.78, 5) is 5.13. The third-order valence-corrected chi connectivity index (χ3v) is 3.92. The predicted octanol–water partition coefficient (Wildman–Crippen LogP) is 0.538. The number of hydrogen-bond donors (Lipinski definition) is 4. The Morgan fingerprint density at radius 3 is 2.68 bits per heavy atom. The molecule has 25 heavy (non-hydrogen) atoms. The lowest BCUT2D eigenvalue weighted by Crippen LogP contribution is -2.29. The van der Waals surface area contributed by atoms with Gasteiger partial charge in [-0.25, -0.2) is 11.0 Å². The number of nitrogens with zero attached hydrogens (tertiary/aromatic N) is 4. The van der Waals surface area contributed by atoms with E-state index < -0.39 is 0 Å². The molecule has 0 atom stereocenters. The molecule has 1 heterocycles. The summed E-state index contributed by atoms with van der Waals surface area (Å²) in [6.45, 7) is 0.873. The molecule has 6 N–H and O–H groups in total. The number of amidine groups is 1. The number of nitrogens with two attached hydrogens (primary N) is 2. The molecule has 8 nitrogen and oxygen atoms in total.